The molecule has 0 bridgehead atoms. The van der Waals surface area contributed by atoms with Gasteiger partial charge in [0.15, 0.2) is 0 Å². The van der Waals surface area contributed by atoms with Gasteiger partial charge in [-0.2, -0.15) is 5.10 Å². The molecule has 0 amide bonds. The molecule has 6 nitrogen and oxygen atoms in total. The van der Waals surface area contributed by atoms with Gasteiger partial charge in [0.25, 0.3) is 0 Å². The predicted molar refractivity (Wildman–Crippen MR) is 66.1 cm³/mol. The summed E-state index contributed by atoms with van der Waals surface area (Å²) in [6.45, 7) is 2.50. The Morgan fingerprint density at radius 2 is 2.00 bits per heavy atom. The minimum Gasteiger partial charge on any atom is -0.494 e. The summed E-state index contributed by atoms with van der Waals surface area (Å²) >= 11 is 0. The van der Waals surface area contributed by atoms with Crippen LogP contribution in [-0.4, -0.2) is 24.8 Å². The van der Waals surface area contributed by atoms with Crippen molar-refractivity contribution in [3.8, 4) is 11.4 Å². The number of ether oxygens (including phenoxy) is 1. The summed E-state index contributed by atoms with van der Waals surface area (Å²) in [7, 11) is -3.71. The molecule has 18 heavy (non-hydrogen) atoms. The van der Waals surface area contributed by atoms with E-state index in [1.807, 2.05) is 6.92 Å². The van der Waals surface area contributed by atoms with Crippen LogP contribution in [0.25, 0.3) is 5.69 Å². The van der Waals surface area contributed by atoms with Crippen LogP contribution in [0, 0.1) is 0 Å². The molecule has 0 unspecified atom stereocenters. The lowest BCUT2D eigenvalue weighted by Crippen LogP contribution is -2.11. The summed E-state index contributed by atoms with van der Waals surface area (Å²) < 4.78 is 29.0. The molecule has 96 valence electrons. The highest BCUT2D eigenvalue weighted by atomic mass is 32.2. The van der Waals surface area contributed by atoms with Crippen LogP contribution in [-0.2, 0) is 10.0 Å². The molecule has 1 heterocycles. The van der Waals surface area contributed by atoms with Gasteiger partial charge in [-0.1, -0.05) is 0 Å². The lowest BCUT2D eigenvalue weighted by atomic mass is 10.3. The van der Waals surface area contributed by atoms with Crippen molar-refractivity contribution in [2.75, 3.05) is 6.61 Å². The second kappa shape index (κ2) is 4.79. The maximum Gasteiger partial charge on any atom is 0.241 e. The number of benzene rings is 1. The fourth-order valence-corrected chi connectivity index (χ4v) is 1.90. The normalized spacial score (nSPS) is 11.4. The van der Waals surface area contributed by atoms with Gasteiger partial charge in [0, 0.05) is 0 Å². The van der Waals surface area contributed by atoms with E-state index < -0.39 is 10.0 Å². The van der Waals surface area contributed by atoms with Gasteiger partial charge in [0.2, 0.25) is 10.0 Å². The second-order valence-electron chi connectivity index (χ2n) is 3.59. The fraction of sp³-hybridized carbons (Fsp3) is 0.182. The van der Waals surface area contributed by atoms with E-state index in [-0.39, 0.29) is 4.90 Å². The minimum atomic E-state index is -3.71. The molecule has 0 fully saturated rings. The topological polar surface area (TPSA) is 87.2 Å². The SMILES string of the molecule is CCOc1ccc(-n2cc(S(N)(=O)=O)cn2)cc1. The Balaban J connectivity index is 2.29. The van der Waals surface area contributed by atoms with E-state index in [9.17, 15) is 8.42 Å². The first-order valence-electron chi connectivity index (χ1n) is 5.31. The van der Waals surface area contributed by atoms with Gasteiger partial charge in [0.05, 0.1) is 24.7 Å². The first-order chi connectivity index (χ1) is 8.50. The molecule has 0 saturated heterocycles. The molecule has 2 rings (SSSR count). The molecule has 0 aliphatic carbocycles. The number of rotatable bonds is 4. The zero-order valence-electron chi connectivity index (χ0n) is 9.78. The van der Waals surface area contributed by atoms with Crippen LogP contribution in [0.1, 0.15) is 6.92 Å². The van der Waals surface area contributed by atoms with Crippen molar-refractivity contribution in [2.45, 2.75) is 11.8 Å². The molecule has 0 aliphatic rings. The number of aromatic nitrogens is 2. The van der Waals surface area contributed by atoms with Crippen molar-refractivity contribution < 1.29 is 13.2 Å². The van der Waals surface area contributed by atoms with Crippen LogP contribution < -0.4 is 9.88 Å². The Hall–Kier alpha value is -1.86. The third kappa shape index (κ3) is 2.69. The van der Waals surface area contributed by atoms with Gasteiger partial charge in [-0.25, -0.2) is 18.2 Å². The number of nitrogens with two attached hydrogens (primary N) is 1. The monoisotopic (exact) mass is 267 g/mol. The van der Waals surface area contributed by atoms with Gasteiger partial charge in [0.1, 0.15) is 10.6 Å². The number of primary sulfonamides is 1. The molecule has 1 aromatic carbocycles. The average Bonchev–Trinajstić information content (AvgIpc) is 2.79. The smallest absolute Gasteiger partial charge is 0.241 e. The Morgan fingerprint density at radius 3 is 2.50 bits per heavy atom. The van der Waals surface area contributed by atoms with E-state index in [1.54, 1.807) is 24.3 Å². The molecular weight excluding hydrogens is 254 g/mol. The van der Waals surface area contributed by atoms with Crippen LogP contribution in [0.3, 0.4) is 0 Å². The highest BCUT2D eigenvalue weighted by Crippen LogP contribution is 2.16. The fourth-order valence-electron chi connectivity index (χ4n) is 1.46. The molecule has 7 heteroatoms. The third-order valence-corrected chi connectivity index (χ3v) is 3.17. The summed E-state index contributed by atoms with van der Waals surface area (Å²) in [4.78, 5) is -0.0172. The van der Waals surface area contributed by atoms with Crippen LogP contribution in [0.5, 0.6) is 5.75 Å². The molecule has 2 aromatic rings. The zero-order valence-corrected chi connectivity index (χ0v) is 10.6. The molecule has 1 aromatic heterocycles. The summed E-state index contributed by atoms with van der Waals surface area (Å²) in [6.07, 6.45) is 2.58. The lowest BCUT2D eigenvalue weighted by Gasteiger charge is -2.04. The molecule has 0 atom stereocenters. The predicted octanol–water partition coefficient (Wildman–Crippen LogP) is 0.918. The van der Waals surface area contributed by atoms with Gasteiger partial charge >= 0.3 is 0 Å². The van der Waals surface area contributed by atoms with Crippen molar-refractivity contribution >= 4 is 10.0 Å². The van der Waals surface area contributed by atoms with Crippen molar-refractivity contribution in [3.63, 3.8) is 0 Å². The third-order valence-electron chi connectivity index (χ3n) is 2.30. The number of nitrogens with zero attached hydrogens (tertiary/aromatic N) is 2. The van der Waals surface area contributed by atoms with E-state index in [1.165, 1.54) is 17.1 Å². The first kappa shape index (κ1) is 12.6. The van der Waals surface area contributed by atoms with Crippen molar-refractivity contribution in [1.29, 1.82) is 0 Å². The van der Waals surface area contributed by atoms with E-state index >= 15 is 0 Å². The van der Waals surface area contributed by atoms with Crippen LogP contribution in [0.2, 0.25) is 0 Å². The number of hydrogen-bond donors (Lipinski definition) is 1. The van der Waals surface area contributed by atoms with Crippen LogP contribution in [0.15, 0.2) is 41.6 Å². The molecule has 0 saturated carbocycles. The molecule has 0 radical (unpaired) electrons. The lowest BCUT2D eigenvalue weighted by molar-refractivity contribution is 0.340. The quantitative estimate of drug-likeness (QED) is 0.892. The molecule has 2 N–H and O–H groups in total. The van der Waals surface area contributed by atoms with Gasteiger partial charge in [-0.15, -0.1) is 0 Å². The average molecular weight is 267 g/mol. The van der Waals surface area contributed by atoms with E-state index in [0.29, 0.717) is 6.61 Å². The van der Waals surface area contributed by atoms with E-state index in [4.69, 9.17) is 9.88 Å². The van der Waals surface area contributed by atoms with Gasteiger partial charge in [-0.05, 0) is 31.2 Å². The van der Waals surface area contributed by atoms with E-state index in [2.05, 4.69) is 5.10 Å². The first-order valence-corrected chi connectivity index (χ1v) is 6.86. The number of hydrogen-bond acceptors (Lipinski definition) is 4. The van der Waals surface area contributed by atoms with Gasteiger partial charge < -0.3 is 4.74 Å². The zero-order chi connectivity index (χ0) is 13.2. The second-order valence-corrected chi connectivity index (χ2v) is 5.15. The standard InChI is InChI=1S/C11H13N3O3S/c1-2-17-10-5-3-9(4-6-10)14-8-11(7-13-14)18(12,15)16/h3-8H,2H2,1H3,(H2,12,15,16). The van der Waals surface area contributed by atoms with Crippen molar-refractivity contribution in [2.24, 2.45) is 5.14 Å². The number of sulfonamides is 1. The van der Waals surface area contributed by atoms with Gasteiger partial charge in [-0.3, -0.25) is 0 Å². The molecule has 0 aliphatic heterocycles. The highest BCUT2D eigenvalue weighted by molar-refractivity contribution is 7.89. The maximum absolute atomic E-state index is 11.1. The molecule has 0 spiro atoms. The minimum absolute atomic E-state index is 0.0172. The molecular formula is C11H13N3O3S. The summed E-state index contributed by atoms with van der Waals surface area (Å²) in [5.74, 6) is 0.750. The Morgan fingerprint density at radius 1 is 1.33 bits per heavy atom. The maximum atomic E-state index is 11.1. The Bertz CT molecular complexity index is 632. The van der Waals surface area contributed by atoms with E-state index in [0.717, 1.165) is 11.4 Å². The summed E-state index contributed by atoms with van der Waals surface area (Å²) in [6, 6.07) is 7.14. The summed E-state index contributed by atoms with van der Waals surface area (Å²) in [5, 5.41) is 8.96. The largest absolute Gasteiger partial charge is 0.494 e. The Labute approximate surface area is 105 Å². The van der Waals surface area contributed by atoms with Crippen molar-refractivity contribution in [1.82, 2.24) is 9.78 Å². The van der Waals surface area contributed by atoms with Crippen molar-refractivity contribution in [3.05, 3.63) is 36.7 Å². The van der Waals surface area contributed by atoms with Crippen LogP contribution in [0.4, 0.5) is 0 Å². The summed E-state index contributed by atoms with van der Waals surface area (Å²) in [5.41, 5.74) is 0.730. The Kier molecular flexibility index (Phi) is 3.35. The highest BCUT2D eigenvalue weighted by Gasteiger charge is 2.11. The van der Waals surface area contributed by atoms with Crippen LogP contribution >= 0.6 is 0 Å².